The molecule has 1 aromatic heterocycles. The second kappa shape index (κ2) is 8.70. The largest absolute Gasteiger partial charge is 0.313 e. The molecule has 1 unspecified atom stereocenters. The number of rotatable bonds is 8. The quantitative estimate of drug-likeness (QED) is 0.699. The van der Waals surface area contributed by atoms with Crippen molar-refractivity contribution in [2.24, 2.45) is 0 Å². The molecule has 2 aromatic rings. The monoisotopic (exact) mass is 334 g/mol. The lowest BCUT2D eigenvalue weighted by Crippen LogP contribution is -2.13. The molecule has 0 fully saturated rings. The number of hydrogen-bond donors (Lipinski definition) is 1. The summed E-state index contributed by atoms with van der Waals surface area (Å²) in [5.41, 5.74) is 6.01. The van der Waals surface area contributed by atoms with Gasteiger partial charge in [0.2, 0.25) is 0 Å². The summed E-state index contributed by atoms with van der Waals surface area (Å²) >= 11 is 3.76. The predicted molar refractivity (Wildman–Crippen MR) is 99.1 cm³/mol. The number of nitrogens with zero attached hydrogens (tertiary/aromatic N) is 1. The van der Waals surface area contributed by atoms with E-state index < -0.39 is 0 Å². The average Bonchev–Trinajstić information content (AvgIpc) is 2.94. The Hall–Kier alpha value is -0.840. The molecular formula is C18H26N2S2. The van der Waals surface area contributed by atoms with E-state index in [4.69, 9.17) is 0 Å². The Kier molecular flexibility index (Phi) is 6.93. The van der Waals surface area contributed by atoms with Gasteiger partial charge < -0.3 is 5.32 Å². The first-order valence-corrected chi connectivity index (χ1v) is 9.78. The Balaban J connectivity index is 2.05. The maximum Gasteiger partial charge on any atom is 0.0797 e. The van der Waals surface area contributed by atoms with E-state index in [-0.39, 0.29) is 0 Å². The van der Waals surface area contributed by atoms with Gasteiger partial charge in [-0.3, -0.25) is 0 Å². The molecule has 0 saturated heterocycles. The number of hydrogen-bond acceptors (Lipinski definition) is 4. The maximum atomic E-state index is 4.55. The van der Waals surface area contributed by atoms with Gasteiger partial charge in [0.1, 0.15) is 0 Å². The number of nitrogens with one attached hydrogen (secondary N) is 1. The van der Waals surface area contributed by atoms with Crippen molar-refractivity contribution in [2.45, 2.75) is 57.2 Å². The van der Waals surface area contributed by atoms with Crippen LogP contribution < -0.4 is 5.32 Å². The molecule has 0 spiro atoms. The summed E-state index contributed by atoms with van der Waals surface area (Å²) in [6.45, 7) is 10.8. The van der Waals surface area contributed by atoms with Crippen LogP contribution in [0, 0.1) is 6.92 Å². The van der Waals surface area contributed by atoms with E-state index in [9.17, 15) is 0 Å². The smallest absolute Gasteiger partial charge is 0.0797 e. The molecule has 0 radical (unpaired) electrons. The van der Waals surface area contributed by atoms with Crippen LogP contribution in [0.2, 0.25) is 0 Å². The van der Waals surface area contributed by atoms with E-state index in [1.54, 1.807) is 11.3 Å². The SMILES string of the molecule is CCNCc1cc(C)ccc1SC(C)Cc1ncsc1CC. The number of thioether (sulfide) groups is 1. The lowest BCUT2D eigenvalue weighted by molar-refractivity contribution is 0.717. The summed E-state index contributed by atoms with van der Waals surface area (Å²) in [5, 5.41) is 3.98. The van der Waals surface area contributed by atoms with E-state index >= 15 is 0 Å². The molecule has 2 rings (SSSR count). The van der Waals surface area contributed by atoms with Crippen LogP contribution in [0.3, 0.4) is 0 Å². The van der Waals surface area contributed by atoms with Gasteiger partial charge in [-0.25, -0.2) is 4.98 Å². The van der Waals surface area contributed by atoms with Crippen molar-refractivity contribution in [1.82, 2.24) is 10.3 Å². The molecule has 0 aliphatic heterocycles. The minimum absolute atomic E-state index is 0.537. The van der Waals surface area contributed by atoms with Gasteiger partial charge in [-0.1, -0.05) is 38.5 Å². The van der Waals surface area contributed by atoms with Crippen LogP contribution in [0.25, 0.3) is 0 Å². The van der Waals surface area contributed by atoms with Crippen molar-refractivity contribution < 1.29 is 0 Å². The molecule has 0 bridgehead atoms. The fourth-order valence-electron chi connectivity index (χ4n) is 2.50. The van der Waals surface area contributed by atoms with E-state index in [0.717, 1.165) is 25.9 Å². The molecule has 0 amide bonds. The van der Waals surface area contributed by atoms with Crippen LogP contribution in [0.5, 0.6) is 0 Å². The molecule has 0 aliphatic carbocycles. The van der Waals surface area contributed by atoms with Crippen LogP contribution in [0.15, 0.2) is 28.6 Å². The summed E-state index contributed by atoms with van der Waals surface area (Å²) < 4.78 is 0. The second-order valence-corrected chi connectivity index (χ2v) is 8.02. The zero-order chi connectivity index (χ0) is 15.9. The fourth-order valence-corrected chi connectivity index (χ4v) is 4.35. The molecule has 1 atom stereocenters. The maximum absolute atomic E-state index is 4.55. The highest BCUT2D eigenvalue weighted by Crippen LogP contribution is 2.30. The van der Waals surface area contributed by atoms with Crippen LogP contribution >= 0.6 is 23.1 Å². The third kappa shape index (κ3) is 4.83. The van der Waals surface area contributed by atoms with Crippen LogP contribution in [-0.4, -0.2) is 16.8 Å². The van der Waals surface area contributed by atoms with Crippen LogP contribution in [0.1, 0.15) is 42.5 Å². The van der Waals surface area contributed by atoms with E-state index in [2.05, 4.69) is 56.2 Å². The standard InChI is InChI=1S/C18H26N2S2/c1-5-17-16(20-12-21-17)10-14(4)22-18-8-7-13(3)9-15(18)11-19-6-2/h7-9,12,14,19H,5-6,10-11H2,1-4H3. The van der Waals surface area contributed by atoms with Gasteiger partial charge in [0, 0.05) is 28.0 Å². The van der Waals surface area contributed by atoms with E-state index in [0.29, 0.717) is 5.25 Å². The summed E-state index contributed by atoms with van der Waals surface area (Å²) in [7, 11) is 0. The average molecular weight is 335 g/mol. The minimum atomic E-state index is 0.537. The lowest BCUT2D eigenvalue weighted by atomic mass is 10.1. The summed E-state index contributed by atoms with van der Waals surface area (Å²) in [5.74, 6) is 0. The third-order valence-electron chi connectivity index (χ3n) is 3.64. The Morgan fingerprint density at radius 2 is 2.14 bits per heavy atom. The zero-order valence-corrected chi connectivity index (χ0v) is 15.6. The zero-order valence-electron chi connectivity index (χ0n) is 14.0. The molecular weight excluding hydrogens is 308 g/mol. The molecule has 0 aliphatic rings. The van der Waals surface area contributed by atoms with Crippen molar-refractivity contribution in [2.75, 3.05) is 6.54 Å². The van der Waals surface area contributed by atoms with Crippen molar-refractivity contribution >= 4 is 23.1 Å². The Bertz CT molecular complexity index is 593. The highest BCUT2D eigenvalue weighted by Gasteiger charge is 2.13. The summed E-state index contributed by atoms with van der Waals surface area (Å²) in [6, 6.07) is 6.79. The first-order valence-electron chi connectivity index (χ1n) is 8.02. The summed E-state index contributed by atoms with van der Waals surface area (Å²) in [4.78, 5) is 7.38. The van der Waals surface area contributed by atoms with Crippen molar-refractivity contribution in [3.8, 4) is 0 Å². The molecule has 1 heterocycles. The van der Waals surface area contributed by atoms with Crippen LogP contribution in [-0.2, 0) is 19.4 Å². The minimum Gasteiger partial charge on any atom is -0.313 e. The lowest BCUT2D eigenvalue weighted by Gasteiger charge is -2.15. The topological polar surface area (TPSA) is 24.9 Å². The van der Waals surface area contributed by atoms with E-state index in [1.807, 2.05) is 17.3 Å². The van der Waals surface area contributed by atoms with Gasteiger partial charge >= 0.3 is 0 Å². The van der Waals surface area contributed by atoms with Crippen LogP contribution in [0.4, 0.5) is 0 Å². The molecule has 1 N–H and O–H groups in total. The second-order valence-electron chi connectivity index (χ2n) is 5.60. The molecule has 1 aromatic carbocycles. The summed E-state index contributed by atoms with van der Waals surface area (Å²) in [6.07, 6.45) is 2.14. The Labute approximate surface area is 142 Å². The van der Waals surface area contributed by atoms with Crippen molar-refractivity contribution in [3.63, 3.8) is 0 Å². The molecule has 120 valence electrons. The van der Waals surface area contributed by atoms with Crippen molar-refractivity contribution in [1.29, 1.82) is 0 Å². The Morgan fingerprint density at radius 3 is 2.86 bits per heavy atom. The number of thiazole rings is 1. The van der Waals surface area contributed by atoms with E-state index in [1.165, 1.54) is 26.6 Å². The fraction of sp³-hybridized carbons (Fsp3) is 0.500. The highest BCUT2D eigenvalue weighted by molar-refractivity contribution is 8.00. The van der Waals surface area contributed by atoms with Gasteiger partial charge in [0.05, 0.1) is 11.2 Å². The van der Waals surface area contributed by atoms with Gasteiger partial charge in [-0.05, 0) is 31.5 Å². The molecule has 22 heavy (non-hydrogen) atoms. The predicted octanol–water partition coefficient (Wildman–Crippen LogP) is 4.85. The van der Waals surface area contributed by atoms with Gasteiger partial charge in [0.15, 0.2) is 0 Å². The Morgan fingerprint density at radius 1 is 1.32 bits per heavy atom. The van der Waals surface area contributed by atoms with Gasteiger partial charge in [-0.15, -0.1) is 23.1 Å². The molecule has 0 saturated carbocycles. The van der Waals surface area contributed by atoms with Crippen molar-refractivity contribution in [3.05, 3.63) is 45.4 Å². The third-order valence-corrected chi connectivity index (χ3v) is 5.88. The molecule has 4 heteroatoms. The first kappa shape index (κ1) is 17.5. The van der Waals surface area contributed by atoms with Gasteiger partial charge in [-0.2, -0.15) is 0 Å². The number of aromatic nitrogens is 1. The molecule has 2 nitrogen and oxygen atoms in total. The normalized spacial score (nSPS) is 12.5. The first-order chi connectivity index (χ1) is 10.6. The number of aryl methyl sites for hydroxylation is 2. The van der Waals surface area contributed by atoms with Gasteiger partial charge in [0.25, 0.3) is 0 Å². The highest BCUT2D eigenvalue weighted by atomic mass is 32.2. The number of benzene rings is 1.